The Morgan fingerprint density at radius 3 is 2.88 bits per heavy atom. The molecule has 134 valence electrons. The number of carbonyl (C=O) groups is 1. The summed E-state index contributed by atoms with van der Waals surface area (Å²) in [6, 6.07) is 6.25. The summed E-state index contributed by atoms with van der Waals surface area (Å²) in [6.45, 7) is 5.29. The van der Waals surface area contributed by atoms with Crippen molar-refractivity contribution in [2.24, 2.45) is 5.92 Å². The van der Waals surface area contributed by atoms with Crippen molar-refractivity contribution in [1.82, 2.24) is 25.4 Å². The molecule has 3 aromatic rings. The quantitative estimate of drug-likeness (QED) is 0.747. The number of aromatic nitrogens is 3. The number of piperidine rings is 3. The highest BCUT2D eigenvalue weighted by Crippen LogP contribution is 2.29. The fourth-order valence-corrected chi connectivity index (χ4v) is 4.97. The summed E-state index contributed by atoms with van der Waals surface area (Å²) in [5, 5.41) is 14.4. The maximum atomic E-state index is 12.8. The van der Waals surface area contributed by atoms with E-state index in [1.54, 1.807) is 11.3 Å². The van der Waals surface area contributed by atoms with Gasteiger partial charge < -0.3 is 10.2 Å². The van der Waals surface area contributed by atoms with Gasteiger partial charge in [0, 0.05) is 34.6 Å². The molecule has 2 N–H and O–H groups in total. The number of nitrogens with one attached hydrogen (secondary N) is 2. The first-order valence-corrected chi connectivity index (χ1v) is 9.99. The van der Waals surface area contributed by atoms with Crippen LogP contribution < -0.4 is 5.32 Å². The standard InChI is InChI=1S/C19H21N5OS/c1-11-10-26-19(20-11)13-2-3-14-15(8-13)22-23-17(14)18(25)21-16-9-24-6-4-12(16)5-7-24/h2-3,8,10,12,16H,4-7,9H2,1H3,(H,21,25)(H,22,23)/t16-/m0/s1. The smallest absolute Gasteiger partial charge is 0.272 e. The molecule has 0 spiro atoms. The van der Waals surface area contributed by atoms with Gasteiger partial charge in [-0.25, -0.2) is 4.98 Å². The third-order valence-electron chi connectivity index (χ3n) is 5.62. The number of rotatable bonds is 3. The lowest BCUT2D eigenvalue weighted by molar-refractivity contribution is 0.0618. The van der Waals surface area contributed by atoms with Crippen molar-refractivity contribution >= 4 is 28.1 Å². The lowest BCUT2D eigenvalue weighted by atomic mass is 9.84. The zero-order valence-electron chi connectivity index (χ0n) is 14.7. The fraction of sp³-hybridized carbons (Fsp3) is 0.421. The topological polar surface area (TPSA) is 73.9 Å². The molecule has 1 atom stereocenters. The summed E-state index contributed by atoms with van der Waals surface area (Å²) < 4.78 is 0. The molecule has 3 aliphatic heterocycles. The molecule has 26 heavy (non-hydrogen) atoms. The van der Waals surface area contributed by atoms with Gasteiger partial charge in [-0.05, 0) is 50.9 Å². The zero-order valence-corrected chi connectivity index (χ0v) is 15.5. The van der Waals surface area contributed by atoms with Gasteiger partial charge in [0.2, 0.25) is 0 Å². The number of thiazole rings is 1. The molecule has 2 bridgehead atoms. The number of aryl methyl sites for hydroxylation is 1. The average molecular weight is 367 g/mol. The first-order valence-electron chi connectivity index (χ1n) is 9.11. The van der Waals surface area contributed by atoms with E-state index in [0.717, 1.165) is 33.7 Å². The van der Waals surface area contributed by atoms with E-state index in [1.165, 1.54) is 25.9 Å². The minimum absolute atomic E-state index is 0.0761. The maximum absolute atomic E-state index is 12.8. The highest BCUT2D eigenvalue weighted by atomic mass is 32.1. The molecule has 5 heterocycles. The van der Waals surface area contributed by atoms with E-state index in [-0.39, 0.29) is 11.9 Å². The number of aromatic amines is 1. The highest BCUT2D eigenvalue weighted by Gasteiger charge is 2.35. The van der Waals surface area contributed by atoms with Crippen LogP contribution in [0.5, 0.6) is 0 Å². The second-order valence-corrected chi connectivity index (χ2v) is 8.20. The molecule has 3 aliphatic rings. The van der Waals surface area contributed by atoms with Crippen LogP contribution in [0.15, 0.2) is 23.6 Å². The Morgan fingerprint density at radius 1 is 1.35 bits per heavy atom. The van der Waals surface area contributed by atoms with Gasteiger partial charge in [-0.3, -0.25) is 9.89 Å². The van der Waals surface area contributed by atoms with E-state index < -0.39 is 0 Å². The van der Waals surface area contributed by atoms with E-state index >= 15 is 0 Å². The molecule has 3 saturated heterocycles. The molecule has 7 heteroatoms. The summed E-state index contributed by atoms with van der Waals surface area (Å²) in [5.74, 6) is 0.529. The van der Waals surface area contributed by atoms with Crippen LogP contribution in [0.4, 0.5) is 0 Å². The molecule has 0 aliphatic carbocycles. The van der Waals surface area contributed by atoms with Crippen molar-refractivity contribution in [3.63, 3.8) is 0 Å². The Balaban J connectivity index is 1.39. The van der Waals surface area contributed by atoms with Gasteiger partial charge in [0.25, 0.3) is 5.91 Å². The second-order valence-electron chi connectivity index (χ2n) is 7.34. The largest absolute Gasteiger partial charge is 0.346 e. The van der Waals surface area contributed by atoms with Gasteiger partial charge in [-0.15, -0.1) is 11.3 Å². The van der Waals surface area contributed by atoms with Gasteiger partial charge >= 0.3 is 0 Å². The number of hydrogen-bond donors (Lipinski definition) is 2. The average Bonchev–Trinajstić information content (AvgIpc) is 3.28. The van der Waals surface area contributed by atoms with Gasteiger partial charge in [-0.1, -0.05) is 6.07 Å². The number of fused-ring (bicyclic) bond motifs is 4. The van der Waals surface area contributed by atoms with Crippen molar-refractivity contribution < 1.29 is 4.79 Å². The number of nitrogens with zero attached hydrogens (tertiary/aromatic N) is 3. The highest BCUT2D eigenvalue weighted by molar-refractivity contribution is 7.13. The molecule has 0 radical (unpaired) electrons. The summed E-state index contributed by atoms with van der Waals surface area (Å²) >= 11 is 1.63. The second kappa shape index (κ2) is 6.17. The molecule has 3 fully saturated rings. The number of carbonyl (C=O) groups excluding carboxylic acids is 1. The molecule has 1 aromatic carbocycles. The molecule has 2 aromatic heterocycles. The van der Waals surface area contributed by atoms with Crippen molar-refractivity contribution in [2.45, 2.75) is 25.8 Å². The van der Waals surface area contributed by atoms with Crippen molar-refractivity contribution in [3.8, 4) is 10.6 Å². The Kier molecular flexibility index (Phi) is 3.79. The van der Waals surface area contributed by atoms with E-state index in [1.807, 2.05) is 30.5 Å². The van der Waals surface area contributed by atoms with Crippen LogP contribution in [0, 0.1) is 12.8 Å². The lowest BCUT2D eigenvalue weighted by Crippen LogP contribution is -2.57. The Hall–Kier alpha value is -2.25. The van der Waals surface area contributed by atoms with Crippen LogP contribution >= 0.6 is 11.3 Å². The third-order valence-corrected chi connectivity index (χ3v) is 6.63. The van der Waals surface area contributed by atoms with Crippen LogP contribution in [0.2, 0.25) is 0 Å². The normalized spacial score (nSPS) is 24.9. The Bertz CT molecular complexity index is 969. The van der Waals surface area contributed by atoms with Crippen molar-refractivity contribution in [1.29, 1.82) is 0 Å². The van der Waals surface area contributed by atoms with Gasteiger partial charge in [-0.2, -0.15) is 5.10 Å². The Labute approximate surface area is 155 Å². The molecule has 6 rings (SSSR count). The summed E-state index contributed by atoms with van der Waals surface area (Å²) in [6.07, 6.45) is 2.37. The van der Waals surface area contributed by atoms with E-state index in [0.29, 0.717) is 11.6 Å². The van der Waals surface area contributed by atoms with Crippen LogP contribution in [0.3, 0.4) is 0 Å². The van der Waals surface area contributed by atoms with E-state index in [4.69, 9.17) is 0 Å². The predicted octanol–water partition coefficient (Wildman–Crippen LogP) is 2.82. The zero-order chi connectivity index (χ0) is 17.7. The predicted molar refractivity (Wildman–Crippen MR) is 102 cm³/mol. The molecule has 6 nitrogen and oxygen atoms in total. The minimum atomic E-state index is -0.0761. The van der Waals surface area contributed by atoms with Gasteiger partial charge in [0.05, 0.1) is 5.52 Å². The SMILES string of the molecule is Cc1csc(-c2ccc3c(C(=O)N[C@H]4CN5CCC4CC5)n[nH]c3c2)n1. The summed E-state index contributed by atoms with van der Waals surface area (Å²) in [7, 11) is 0. The monoisotopic (exact) mass is 367 g/mol. The third kappa shape index (κ3) is 2.71. The van der Waals surface area contributed by atoms with Crippen molar-refractivity contribution in [3.05, 3.63) is 35.0 Å². The van der Waals surface area contributed by atoms with Gasteiger partial charge in [0.15, 0.2) is 5.69 Å². The van der Waals surface area contributed by atoms with Crippen LogP contribution in [-0.2, 0) is 0 Å². The van der Waals surface area contributed by atoms with Crippen LogP contribution in [0.1, 0.15) is 29.0 Å². The maximum Gasteiger partial charge on any atom is 0.272 e. The fourth-order valence-electron chi connectivity index (χ4n) is 4.18. The lowest BCUT2D eigenvalue weighted by Gasteiger charge is -2.44. The van der Waals surface area contributed by atoms with Gasteiger partial charge in [0.1, 0.15) is 5.01 Å². The number of benzene rings is 1. The molecule has 1 amide bonds. The first-order chi connectivity index (χ1) is 12.7. The first kappa shape index (κ1) is 16.0. The van der Waals surface area contributed by atoms with E-state index in [9.17, 15) is 4.79 Å². The number of hydrogen-bond acceptors (Lipinski definition) is 5. The van der Waals surface area contributed by atoms with Crippen LogP contribution in [0.25, 0.3) is 21.5 Å². The van der Waals surface area contributed by atoms with Crippen LogP contribution in [-0.4, -0.2) is 51.7 Å². The number of H-pyrrole nitrogens is 1. The molecular formula is C19H21N5OS. The number of amides is 1. The molecular weight excluding hydrogens is 346 g/mol. The molecule has 0 saturated carbocycles. The van der Waals surface area contributed by atoms with Crippen molar-refractivity contribution in [2.75, 3.05) is 19.6 Å². The summed E-state index contributed by atoms with van der Waals surface area (Å²) in [4.78, 5) is 19.8. The van der Waals surface area contributed by atoms with E-state index in [2.05, 4.69) is 25.4 Å². The minimum Gasteiger partial charge on any atom is -0.346 e. The molecule has 0 unspecified atom stereocenters. The summed E-state index contributed by atoms with van der Waals surface area (Å²) in [5.41, 5.74) is 3.42. The Morgan fingerprint density at radius 2 is 2.19 bits per heavy atom.